The molecule has 0 atom stereocenters. The largest absolute Gasteiger partial charge is 0.507 e. The van der Waals surface area contributed by atoms with Gasteiger partial charge in [-0.1, -0.05) is 19.9 Å². The molecule has 1 saturated heterocycles. The molecule has 2 N–H and O–H groups in total. The van der Waals surface area contributed by atoms with E-state index in [1.54, 1.807) is 12.1 Å². The molecule has 0 spiro atoms. The Morgan fingerprint density at radius 3 is 2.70 bits per heavy atom. The van der Waals surface area contributed by atoms with Gasteiger partial charge in [0.15, 0.2) is 0 Å². The van der Waals surface area contributed by atoms with Gasteiger partial charge < -0.3 is 15.2 Å². The number of phenols is 1. The molecule has 2 rings (SSSR count). The number of nitrogens with one attached hydrogen (secondary N) is 1. The number of rotatable bonds is 4. The molecule has 1 amide bonds. The van der Waals surface area contributed by atoms with Crippen LogP contribution in [-0.4, -0.2) is 30.3 Å². The maximum absolute atomic E-state index is 12.2. The summed E-state index contributed by atoms with van der Waals surface area (Å²) in [5.74, 6) is 0.384. The van der Waals surface area contributed by atoms with E-state index in [4.69, 9.17) is 4.74 Å². The second kappa shape index (κ2) is 6.75. The molecule has 1 aliphatic heterocycles. The minimum Gasteiger partial charge on any atom is -0.507 e. The van der Waals surface area contributed by atoms with Crippen molar-refractivity contribution < 1.29 is 14.6 Å². The lowest BCUT2D eigenvalue weighted by molar-refractivity contribution is 0.0695. The Kier molecular flexibility index (Phi) is 5.01. The first-order valence-corrected chi connectivity index (χ1v) is 7.26. The van der Waals surface area contributed by atoms with E-state index < -0.39 is 0 Å². The molecular weight excluding hydrogens is 254 g/mol. The van der Waals surface area contributed by atoms with E-state index in [2.05, 4.69) is 19.2 Å². The fourth-order valence-corrected chi connectivity index (χ4v) is 2.47. The first-order valence-electron chi connectivity index (χ1n) is 7.26. The first-order chi connectivity index (χ1) is 9.56. The SMILES string of the molecule is CC(C)Cc1ccc(C(=O)NC2CCOCC2)c(O)c1. The van der Waals surface area contributed by atoms with Crippen molar-refractivity contribution in [2.24, 2.45) is 5.92 Å². The van der Waals surface area contributed by atoms with E-state index >= 15 is 0 Å². The number of carbonyl (C=O) groups excluding carboxylic acids is 1. The van der Waals surface area contributed by atoms with Crippen LogP contribution < -0.4 is 5.32 Å². The Morgan fingerprint density at radius 2 is 2.10 bits per heavy atom. The van der Waals surface area contributed by atoms with E-state index in [0.29, 0.717) is 24.7 Å². The minimum atomic E-state index is -0.203. The van der Waals surface area contributed by atoms with Crippen molar-refractivity contribution in [3.63, 3.8) is 0 Å². The number of benzene rings is 1. The molecule has 1 aliphatic rings. The van der Waals surface area contributed by atoms with Crippen LogP contribution >= 0.6 is 0 Å². The molecule has 4 nitrogen and oxygen atoms in total. The Bertz CT molecular complexity index is 465. The van der Waals surface area contributed by atoms with Crippen LogP contribution in [0.5, 0.6) is 5.75 Å². The van der Waals surface area contributed by atoms with Gasteiger partial charge in [-0.05, 0) is 42.9 Å². The molecule has 20 heavy (non-hydrogen) atoms. The molecule has 0 aliphatic carbocycles. The highest BCUT2D eigenvalue weighted by Crippen LogP contribution is 2.21. The average Bonchev–Trinajstić information content (AvgIpc) is 2.39. The number of phenolic OH excluding ortho intramolecular Hbond substituents is 1. The molecule has 0 aromatic heterocycles. The molecule has 0 radical (unpaired) electrons. The van der Waals surface area contributed by atoms with Gasteiger partial charge in [0.2, 0.25) is 0 Å². The number of ether oxygens (including phenoxy) is 1. The molecule has 1 fully saturated rings. The van der Waals surface area contributed by atoms with Crippen molar-refractivity contribution in [3.8, 4) is 5.75 Å². The fraction of sp³-hybridized carbons (Fsp3) is 0.562. The van der Waals surface area contributed by atoms with E-state index in [0.717, 1.165) is 24.8 Å². The molecule has 1 aromatic rings. The Morgan fingerprint density at radius 1 is 1.40 bits per heavy atom. The van der Waals surface area contributed by atoms with Crippen molar-refractivity contribution in [1.29, 1.82) is 0 Å². The summed E-state index contributed by atoms with van der Waals surface area (Å²) in [6, 6.07) is 5.46. The first kappa shape index (κ1) is 14.9. The number of aromatic hydroxyl groups is 1. The average molecular weight is 277 g/mol. The second-order valence-electron chi connectivity index (χ2n) is 5.81. The number of hydrogen-bond donors (Lipinski definition) is 2. The highest BCUT2D eigenvalue weighted by molar-refractivity contribution is 5.97. The molecule has 0 bridgehead atoms. The summed E-state index contributed by atoms with van der Waals surface area (Å²) in [6.07, 6.45) is 2.56. The number of hydrogen-bond acceptors (Lipinski definition) is 3. The van der Waals surface area contributed by atoms with Crippen LogP contribution in [0.4, 0.5) is 0 Å². The maximum atomic E-state index is 12.2. The lowest BCUT2D eigenvalue weighted by Gasteiger charge is -2.23. The Hall–Kier alpha value is -1.55. The van der Waals surface area contributed by atoms with Gasteiger partial charge in [-0.3, -0.25) is 4.79 Å². The number of amides is 1. The fourth-order valence-electron chi connectivity index (χ4n) is 2.47. The van der Waals surface area contributed by atoms with Crippen molar-refractivity contribution in [2.45, 2.75) is 39.2 Å². The zero-order chi connectivity index (χ0) is 14.5. The molecule has 1 heterocycles. The molecule has 0 unspecified atom stereocenters. The summed E-state index contributed by atoms with van der Waals surface area (Å²) in [5.41, 5.74) is 1.41. The Labute approximate surface area is 120 Å². The minimum absolute atomic E-state index is 0.0627. The predicted octanol–water partition coefficient (Wildman–Crippen LogP) is 2.50. The van der Waals surface area contributed by atoms with Crippen molar-refractivity contribution in [1.82, 2.24) is 5.32 Å². The monoisotopic (exact) mass is 277 g/mol. The third-order valence-corrected chi connectivity index (χ3v) is 3.51. The third kappa shape index (κ3) is 3.97. The van der Waals surface area contributed by atoms with Crippen LogP contribution in [0.2, 0.25) is 0 Å². The predicted molar refractivity (Wildman–Crippen MR) is 78.0 cm³/mol. The van der Waals surface area contributed by atoms with Gasteiger partial charge in [-0.2, -0.15) is 0 Å². The van der Waals surface area contributed by atoms with Crippen molar-refractivity contribution in [3.05, 3.63) is 29.3 Å². The van der Waals surface area contributed by atoms with Gasteiger partial charge in [-0.15, -0.1) is 0 Å². The molecule has 4 heteroatoms. The summed E-state index contributed by atoms with van der Waals surface area (Å²) >= 11 is 0. The summed E-state index contributed by atoms with van der Waals surface area (Å²) in [5, 5.41) is 13.0. The van der Waals surface area contributed by atoms with E-state index in [9.17, 15) is 9.90 Å². The molecular formula is C16H23NO3. The van der Waals surface area contributed by atoms with Gasteiger partial charge in [-0.25, -0.2) is 0 Å². The van der Waals surface area contributed by atoms with E-state index in [1.165, 1.54) is 0 Å². The molecule has 1 aromatic carbocycles. The summed E-state index contributed by atoms with van der Waals surface area (Å²) in [4.78, 5) is 12.2. The summed E-state index contributed by atoms with van der Waals surface area (Å²) < 4.78 is 5.26. The lowest BCUT2D eigenvalue weighted by atomic mass is 10.0. The van der Waals surface area contributed by atoms with Crippen LogP contribution in [0.1, 0.15) is 42.6 Å². The van der Waals surface area contributed by atoms with Gasteiger partial charge in [0, 0.05) is 19.3 Å². The van der Waals surface area contributed by atoms with Crippen molar-refractivity contribution >= 4 is 5.91 Å². The Balaban J connectivity index is 2.02. The summed E-state index contributed by atoms with van der Waals surface area (Å²) in [7, 11) is 0. The standard InChI is InChI=1S/C16H23NO3/c1-11(2)9-12-3-4-14(15(18)10-12)16(19)17-13-5-7-20-8-6-13/h3-4,10-11,13,18H,5-9H2,1-2H3,(H,17,19). The highest BCUT2D eigenvalue weighted by Gasteiger charge is 2.19. The smallest absolute Gasteiger partial charge is 0.255 e. The van der Waals surface area contributed by atoms with Crippen LogP contribution in [-0.2, 0) is 11.2 Å². The van der Waals surface area contributed by atoms with E-state index in [1.807, 2.05) is 6.07 Å². The molecule has 0 saturated carbocycles. The van der Waals surface area contributed by atoms with Gasteiger partial charge in [0.05, 0.1) is 5.56 Å². The molecule has 110 valence electrons. The van der Waals surface area contributed by atoms with Crippen LogP contribution in [0.25, 0.3) is 0 Å². The van der Waals surface area contributed by atoms with Crippen LogP contribution in [0, 0.1) is 5.92 Å². The topological polar surface area (TPSA) is 58.6 Å². The maximum Gasteiger partial charge on any atom is 0.255 e. The van der Waals surface area contributed by atoms with Crippen molar-refractivity contribution in [2.75, 3.05) is 13.2 Å². The highest BCUT2D eigenvalue weighted by atomic mass is 16.5. The third-order valence-electron chi connectivity index (χ3n) is 3.51. The van der Waals surface area contributed by atoms with Crippen LogP contribution in [0.3, 0.4) is 0 Å². The quantitative estimate of drug-likeness (QED) is 0.889. The second-order valence-corrected chi connectivity index (χ2v) is 5.81. The zero-order valence-corrected chi connectivity index (χ0v) is 12.2. The van der Waals surface area contributed by atoms with Gasteiger partial charge in [0.25, 0.3) is 5.91 Å². The van der Waals surface area contributed by atoms with Crippen LogP contribution in [0.15, 0.2) is 18.2 Å². The summed E-state index contributed by atoms with van der Waals surface area (Å²) in [6.45, 7) is 5.63. The van der Waals surface area contributed by atoms with Gasteiger partial charge >= 0.3 is 0 Å². The van der Waals surface area contributed by atoms with E-state index in [-0.39, 0.29) is 17.7 Å². The normalized spacial score (nSPS) is 16.4. The van der Waals surface area contributed by atoms with Gasteiger partial charge in [0.1, 0.15) is 5.75 Å². The lowest BCUT2D eigenvalue weighted by Crippen LogP contribution is -2.38. The number of carbonyl (C=O) groups is 1. The zero-order valence-electron chi connectivity index (χ0n) is 12.2.